The Morgan fingerprint density at radius 1 is 1.45 bits per heavy atom. The first kappa shape index (κ1) is 7.04. The topological polar surface area (TPSA) is 3.24 Å². The van der Waals surface area contributed by atoms with E-state index in [1.807, 2.05) is 4.31 Å². The Labute approximate surface area is 72.6 Å². The Bertz CT molecular complexity index is 283. The van der Waals surface area contributed by atoms with Crippen molar-refractivity contribution in [3.8, 4) is 0 Å². The highest BCUT2D eigenvalue weighted by Gasteiger charge is 2.16. The van der Waals surface area contributed by atoms with Crippen LogP contribution in [0.5, 0.6) is 0 Å². The van der Waals surface area contributed by atoms with E-state index in [0.29, 0.717) is 0 Å². The van der Waals surface area contributed by atoms with Crippen LogP contribution in [0, 0.1) is 6.92 Å². The third-order valence-electron chi connectivity index (χ3n) is 2.24. The lowest BCUT2D eigenvalue weighted by Crippen LogP contribution is -2.04. The van der Waals surface area contributed by atoms with Gasteiger partial charge >= 0.3 is 0 Å². The first-order valence-corrected chi connectivity index (χ1v) is 4.24. The van der Waals surface area contributed by atoms with Gasteiger partial charge in [-0.25, -0.2) is 0 Å². The third kappa shape index (κ3) is 1.02. The molecular weight excluding hydrogens is 154 g/mol. The van der Waals surface area contributed by atoms with Gasteiger partial charge in [0.15, 0.2) is 0 Å². The number of anilines is 1. The lowest BCUT2D eigenvalue weighted by molar-refractivity contribution is 1.05. The molecule has 0 saturated carbocycles. The Kier molecular flexibility index (Phi) is 1.57. The van der Waals surface area contributed by atoms with Crippen LogP contribution in [0.25, 0.3) is 0 Å². The normalized spacial score (nSPS) is 15.3. The van der Waals surface area contributed by atoms with Crippen molar-refractivity contribution in [3.63, 3.8) is 0 Å². The summed E-state index contributed by atoms with van der Waals surface area (Å²) in [6.07, 6.45) is 1.14. The molecule has 0 fully saturated rings. The maximum Gasteiger partial charge on any atom is 0.0502 e. The second-order valence-corrected chi connectivity index (χ2v) is 3.43. The molecule has 1 aromatic carbocycles. The number of nitrogens with zero attached hydrogens (tertiary/aromatic N) is 1. The van der Waals surface area contributed by atoms with E-state index in [-0.39, 0.29) is 0 Å². The summed E-state index contributed by atoms with van der Waals surface area (Å²) in [5.74, 6) is 0. The number of benzene rings is 1. The predicted octanol–water partition coefficient (Wildman–Crippen LogP) is 2.20. The number of rotatable bonds is 0. The van der Waals surface area contributed by atoms with E-state index in [0.717, 1.165) is 13.0 Å². The van der Waals surface area contributed by atoms with Crippen LogP contribution >= 0.6 is 12.8 Å². The van der Waals surface area contributed by atoms with Gasteiger partial charge in [0.1, 0.15) is 0 Å². The summed E-state index contributed by atoms with van der Waals surface area (Å²) in [7, 11) is 0. The monoisotopic (exact) mass is 165 g/mol. The number of thiol groups is 1. The highest BCUT2D eigenvalue weighted by atomic mass is 32.1. The fraction of sp³-hybridized carbons (Fsp3) is 0.333. The van der Waals surface area contributed by atoms with Crippen molar-refractivity contribution in [2.45, 2.75) is 13.3 Å². The average Bonchev–Trinajstić information content (AvgIpc) is 2.35. The Morgan fingerprint density at radius 3 is 3.00 bits per heavy atom. The van der Waals surface area contributed by atoms with Crippen LogP contribution in [0.4, 0.5) is 5.69 Å². The maximum atomic E-state index is 4.35. The van der Waals surface area contributed by atoms with Gasteiger partial charge in [0.25, 0.3) is 0 Å². The highest BCUT2D eigenvalue weighted by Crippen LogP contribution is 2.30. The van der Waals surface area contributed by atoms with E-state index < -0.39 is 0 Å². The molecule has 11 heavy (non-hydrogen) atoms. The Morgan fingerprint density at radius 2 is 2.27 bits per heavy atom. The molecule has 1 aromatic rings. The minimum Gasteiger partial charge on any atom is -0.318 e. The Balaban J connectivity index is 2.57. The minimum atomic E-state index is 1.04. The molecular formula is C9H11NS. The molecule has 1 aliphatic heterocycles. The molecule has 0 N–H and O–H groups in total. The van der Waals surface area contributed by atoms with E-state index in [1.54, 1.807) is 0 Å². The quantitative estimate of drug-likeness (QED) is 0.577. The van der Waals surface area contributed by atoms with Gasteiger partial charge in [0.05, 0.1) is 5.69 Å². The number of fused-ring (bicyclic) bond motifs is 1. The molecule has 0 atom stereocenters. The van der Waals surface area contributed by atoms with Crippen LogP contribution in [0.3, 0.4) is 0 Å². The van der Waals surface area contributed by atoms with E-state index in [9.17, 15) is 0 Å². The van der Waals surface area contributed by atoms with Gasteiger partial charge in [0.2, 0.25) is 0 Å². The number of hydrogen-bond donors (Lipinski definition) is 1. The molecule has 0 aromatic heterocycles. The van der Waals surface area contributed by atoms with Gasteiger partial charge in [0, 0.05) is 6.54 Å². The van der Waals surface area contributed by atoms with Gasteiger partial charge in [-0.05, 0) is 30.5 Å². The summed E-state index contributed by atoms with van der Waals surface area (Å²) in [5, 5.41) is 0. The van der Waals surface area contributed by atoms with E-state index in [1.165, 1.54) is 16.8 Å². The smallest absolute Gasteiger partial charge is 0.0502 e. The van der Waals surface area contributed by atoms with Crippen molar-refractivity contribution in [3.05, 3.63) is 29.3 Å². The summed E-state index contributed by atoms with van der Waals surface area (Å²) < 4.78 is 2.02. The van der Waals surface area contributed by atoms with Crippen LogP contribution in [-0.2, 0) is 6.42 Å². The zero-order valence-corrected chi connectivity index (χ0v) is 7.44. The van der Waals surface area contributed by atoms with Crippen LogP contribution in [0.2, 0.25) is 0 Å². The predicted molar refractivity (Wildman–Crippen MR) is 51.2 cm³/mol. The number of hydrogen-bond acceptors (Lipinski definition) is 2. The van der Waals surface area contributed by atoms with Gasteiger partial charge in [-0.3, -0.25) is 0 Å². The molecule has 2 rings (SSSR count). The van der Waals surface area contributed by atoms with Crippen molar-refractivity contribution < 1.29 is 0 Å². The van der Waals surface area contributed by atoms with Crippen LogP contribution in [0.1, 0.15) is 11.1 Å². The first-order chi connectivity index (χ1) is 5.29. The highest BCUT2D eigenvalue weighted by molar-refractivity contribution is 7.81. The molecule has 0 radical (unpaired) electrons. The van der Waals surface area contributed by atoms with E-state index in [4.69, 9.17) is 0 Å². The van der Waals surface area contributed by atoms with Gasteiger partial charge in [-0.15, -0.1) is 0 Å². The molecule has 1 heterocycles. The standard InChI is InChI=1S/C9H11NS/c1-7-3-2-4-9-8(7)5-6-10(9)11/h2-4,11H,5-6H2,1H3. The van der Waals surface area contributed by atoms with E-state index >= 15 is 0 Å². The second kappa shape index (κ2) is 2.45. The summed E-state index contributed by atoms with van der Waals surface area (Å²) in [5.41, 5.74) is 4.13. The lowest BCUT2D eigenvalue weighted by atomic mass is 10.1. The largest absolute Gasteiger partial charge is 0.318 e. The second-order valence-electron chi connectivity index (χ2n) is 2.95. The lowest BCUT2D eigenvalue weighted by Gasteiger charge is -2.09. The molecule has 1 nitrogen and oxygen atoms in total. The summed E-state index contributed by atoms with van der Waals surface area (Å²) in [6, 6.07) is 6.37. The number of aryl methyl sites for hydroxylation is 1. The van der Waals surface area contributed by atoms with Crippen molar-refractivity contribution >= 4 is 18.5 Å². The molecule has 2 heteroatoms. The summed E-state index contributed by atoms with van der Waals surface area (Å²) in [6.45, 7) is 3.20. The fourth-order valence-corrected chi connectivity index (χ4v) is 1.88. The first-order valence-electron chi connectivity index (χ1n) is 3.84. The molecule has 0 spiro atoms. The van der Waals surface area contributed by atoms with Crippen molar-refractivity contribution in [2.24, 2.45) is 0 Å². The zero-order chi connectivity index (χ0) is 7.84. The average molecular weight is 165 g/mol. The minimum absolute atomic E-state index is 1.04. The molecule has 0 aliphatic carbocycles. The van der Waals surface area contributed by atoms with Crippen molar-refractivity contribution in [1.82, 2.24) is 0 Å². The molecule has 0 amide bonds. The third-order valence-corrected chi connectivity index (χ3v) is 2.65. The molecule has 0 saturated heterocycles. The molecule has 1 aliphatic rings. The van der Waals surface area contributed by atoms with Crippen molar-refractivity contribution in [2.75, 3.05) is 10.8 Å². The Hall–Kier alpha value is -0.630. The van der Waals surface area contributed by atoms with Crippen LogP contribution in [0.15, 0.2) is 18.2 Å². The van der Waals surface area contributed by atoms with Crippen LogP contribution < -0.4 is 4.31 Å². The summed E-state index contributed by atoms with van der Waals surface area (Å²) >= 11 is 4.35. The van der Waals surface area contributed by atoms with Gasteiger partial charge < -0.3 is 4.31 Å². The SMILES string of the molecule is Cc1cccc2c1CCN2S. The summed E-state index contributed by atoms with van der Waals surface area (Å²) in [4.78, 5) is 0. The van der Waals surface area contributed by atoms with Gasteiger partial charge in [-0.1, -0.05) is 24.9 Å². The van der Waals surface area contributed by atoms with Crippen molar-refractivity contribution in [1.29, 1.82) is 0 Å². The fourth-order valence-electron chi connectivity index (χ4n) is 1.59. The maximum absolute atomic E-state index is 4.35. The zero-order valence-electron chi connectivity index (χ0n) is 6.54. The van der Waals surface area contributed by atoms with Crippen LogP contribution in [-0.4, -0.2) is 6.54 Å². The molecule has 0 bridgehead atoms. The van der Waals surface area contributed by atoms with Gasteiger partial charge in [-0.2, -0.15) is 0 Å². The molecule has 58 valence electrons. The molecule has 0 unspecified atom stereocenters. The van der Waals surface area contributed by atoms with E-state index in [2.05, 4.69) is 37.9 Å².